The summed E-state index contributed by atoms with van der Waals surface area (Å²) in [6.07, 6.45) is 4.10. The van der Waals surface area contributed by atoms with E-state index in [1.807, 2.05) is 13.8 Å². The van der Waals surface area contributed by atoms with E-state index in [4.69, 9.17) is 4.74 Å². The Kier molecular flexibility index (Phi) is 8.62. The van der Waals surface area contributed by atoms with Crippen molar-refractivity contribution in [2.45, 2.75) is 52.4 Å². The predicted molar refractivity (Wildman–Crippen MR) is 91.3 cm³/mol. The molecule has 4 nitrogen and oxygen atoms in total. The maximum Gasteiger partial charge on any atom is 0.253 e. The van der Waals surface area contributed by atoms with E-state index in [0.717, 1.165) is 49.4 Å². The lowest BCUT2D eigenvalue weighted by Gasteiger charge is -2.22. The molecule has 0 saturated heterocycles. The SMILES string of the molecule is CC.CN1CCC=C(c2nsnc2OCCCCC(C)(F)F)C1. The molecular formula is C16H27F2N3OS. The van der Waals surface area contributed by atoms with Gasteiger partial charge < -0.3 is 9.64 Å². The van der Waals surface area contributed by atoms with Crippen molar-refractivity contribution in [2.75, 3.05) is 26.7 Å². The molecule has 0 unspecified atom stereocenters. The number of nitrogens with zero attached hydrogens (tertiary/aromatic N) is 3. The number of unbranched alkanes of at least 4 members (excludes halogenated alkanes) is 1. The zero-order valence-electron chi connectivity index (χ0n) is 14.4. The molecule has 2 rings (SSSR count). The van der Waals surface area contributed by atoms with Gasteiger partial charge in [-0.3, -0.25) is 0 Å². The highest BCUT2D eigenvalue weighted by Crippen LogP contribution is 2.27. The Labute approximate surface area is 141 Å². The van der Waals surface area contributed by atoms with Gasteiger partial charge in [0.05, 0.1) is 18.3 Å². The van der Waals surface area contributed by atoms with Gasteiger partial charge in [0.15, 0.2) is 0 Å². The molecule has 1 aromatic heterocycles. The zero-order chi connectivity index (χ0) is 17.3. The van der Waals surface area contributed by atoms with Crippen LogP contribution in [-0.4, -0.2) is 46.3 Å². The van der Waals surface area contributed by atoms with Gasteiger partial charge in [0.2, 0.25) is 5.92 Å². The van der Waals surface area contributed by atoms with Crippen LogP contribution in [0.15, 0.2) is 6.08 Å². The van der Waals surface area contributed by atoms with E-state index >= 15 is 0 Å². The molecule has 0 radical (unpaired) electrons. The fourth-order valence-corrected chi connectivity index (χ4v) is 2.77. The molecule has 1 aliphatic heterocycles. The molecule has 132 valence electrons. The van der Waals surface area contributed by atoms with Gasteiger partial charge in [-0.1, -0.05) is 19.9 Å². The van der Waals surface area contributed by atoms with Gasteiger partial charge >= 0.3 is 0 Å². The van der Waals surface area contributed by atoms with E-state index in [1.165, 1.54) is 0 Å². The molecule has 0 saturated carbocycles. The summed E-state index contributed by atoms with van der Waals surface area (Å²) in [7, 11) is 2.07. The van der Waals surface area contributed by atoms with Crippen LogP contribution in [0.25, 0.3) is 5.57 Å². The third kappa shape index (κ3) is 7.35. The molecular weight excluding hydrogens is 320 g/mol. The molecule has 0 aromatic carbocycles. The minimum Gasteiger partial charge on any atom is -0.475 e. The molecule has 0 spiro atoms. The van der Waals surface area contributed by atoms with Crippen molar-refractivity contribution < 1.29 is 13.5 Å². The van der Waals surface area contributed by atoms with E-state index in [0.29, 0.717) is 25.3 Å². The monoisotopic (exact) mass is 347 g/mol. The van der Waals surface area contributed by atoms with Crippen LogP contribution in [-0.2, 0) is 0 Å². The van der Waals surface area contributed by atoms with Crippen molar-refractivity contribution in [3.05, 3.63) is 11.8 Å². The zero-order valence-corrected chi connectivity index (χ0v) is 15.3. The van der Waals surface area contributed by atoms with Crippen molar-refractivity contribution in [1.29, 1.82) is 0 Å². The molecule has 7 heteroatoms. The van der Waals surface area contributed by atoms with Crippen molar-refractivity contribution in [1.82, 2.24) is 13.6 Å². The van der Waals surface area contributed by atoms with Gasteiger partial charge in [0, 0.05) is 19.5 Å². The molecule has 1 aliphatic rings. The molecule has 0 amide bonds. The van der Waals surface area contributed by atoms with Crippen LogP contribution < -0.4 is 4.74 Å². The Bertz CT molecular complexity index is 486. The number of alkyl halides is 2. The Morgan fingerprint density at radius 2 is 2.04 bits per heavy atom. The van der Waals surface area contributed by atoms with Crippen LogP contribution in [0.1, 0.15) is 52.1 Å². The lowest BCUT2D eigenvalue weighted by Crippen LogP contribution is -2.25. The highest BCUT2D eigenvalue weighted by Gasteiger charge is 2.20. The lowest BCUT2D eigenvalue weighted by molar-refractivity contribution is 0.00970. The first-order valence-corrected chi connectivity index (χ1v) is 8.90. The van der Waals surface area contributed by atoms with Crippen molar-refractivity contribution in [3.8, 4) is 5.88 Å². The normalized spacial score (nSPS) is 15.7. The summed E-state index contributed by atoms with van der Waals surface area (Å²) < 4.78 is 39.5. The van der Waals surface area contributed by atoms with Crippen LogP contribution in [0.2, 0.25) is 0 Å². The first-order valence-electron chi connectivity index (χ1n) is 8.17. The Balaban J connectivity index is 0.00000127. The summed E-state index contributed by atoms with van der Waals surface area (Å²) in [5.74, 6) is -2.06. The number of hydrogen-bond donors (Lipinski definition) is 0. The number of rotatable bonds is 7. The van der Waals surface area contributed by atoms with E-state index in [1.54, 1.807) is 0 Å². The Morgan fingerprint density at radius 3 is 2.70 bits per heavy atom. The largest absolute Gasteiger partial charge is 0.475 e. The van der Waals surface area contributed by atoms with E-state index in [-0.39, 0.29) is 6.42 Å². The summed E-state index contributed by atoms with van der Waals surface area (Å²) in [4.78, 5) is 2.22. The summed E-state index contributed by atoms with van der Waals surface area (Å²) in [5, 5.41) is 0. The van der Waals surface area contributed by atoms with Gasteiger partial charge in [-0.25, -0.2) is 8.78 Å². The van der Waals surface area contributed by atoms with Crippen molar-refractivity contribution in [2.24, 2.45) is 0 Å². The number of halogens is 2. The van der Waals surface area contributed by atoms with Crippen molar-refractivity contribution >= 4 is 17.3 Å². The number of hydrogen-bond acceptors (Lipinski definition) is 5. The third-order valence-corrected chi connectivity index (χ3v) is 3.86. The van der Waals surface area contributed by atoms with Gasteiger partial charge in [-0.2, -0.15) is 4.37 Å². The second-order valence-corrected chi connectivity index (χ2v) is 6.08. The molecule has 0 atom stereocenters. The summed E-state index contributed by atoms with van der Waals surface area (Å²) in [6, 6.07) is 0. The number of aromatic nitrogens is 2. The fourth-order valence-electron chi connectivity index (χ4n) is 2.24. The fraction of sp³-hybridized carbons (Fsp3) is 0.750. The maximum atomic E-state index is 12.7. The summed E-state index contributed by atoms with van der Waals surface area (Å²) in [6.45, 7) is 7.23. The van der Waals surface area contributed by atoms with Crippen LogP contribution in [0, 0.1) is 0 Å². The van der Waals surface area contributed by atoms with Crippen LogP contribution >= 0.6 is 11.7 Å². The van der Waals surface area contributed by atoms with Gasteiger partial charge in [0.25, 0.3) is 5.88 Å². The van der Waals surface area contributed by atoms with Gasteiger partial charge in [-0.05, 0) is 38.8 Å². The Morgan fingerprint density at radius 1 is 1.30 bits per heavy atom. The van der Waals surface area contributed by atoms with E-state index in [9.17, 15) is 8.78 Å². The quantitative estimate of drug-likeness (QED) is 0.681. The van der Waals surface area contributed by atoms with Crippen LogP contribution in [0.3, 0.4) is 0 Å². The minimum absolute atomic E-state index is 0.103. The standard InChI is InChI=1S/C14H21F2N3OS.C2H6/c1-14(15,16)7-3-4-9-20-13-12(17-21-18-13)11-6-5-8-19(2)10-11;1-2/h6H,3-5,7-10H2,1-2H3;1-2H3. The second kappa shape index (κ2) is 9.93. The first-order chi connectivity index (χ1) is 11.0. The molecule has 1 aromatic rings. The van der Waals surface area contributed by atoms with Gasteiger partial charge in [-0.15, -0.1) is 4.37 Å². The van der Waals surface area contributed by atoms with E-state index in [2.05, 4.69) is 26.8 Å². The third-order valence-electron chi connectivity index (χ3n) is 3.35. The average molecular weight is 347 g/mol. The molecule has 0 bridgehead atoms. The van der Waals surface area contributed by atoms with Gasteiger partial charge in [0.1, 0.15) is 5.69 Å². The molecule has 23 heavy (non-hydrogen) atoms. The van der Waals surface area contributed by atoms with Crippen LogP contribution in [0.5, 0.6) is 5.88 Å². The smallest absolute Gasteiger partial charge is 0.253 e. The highest BCUT2D eigenvalue weighted by atomic mass is 32.1. The first kappa shape index (κ1) is 20.0. The Hall–Kier alpha value is -1.08. The molecule has 0 N–H and O–H groups in total. The van der Waals surface area contributed by atoms with E-state index < -0.39 is 5.92 Å². The highest BCUT2D eigenvalue weighted by molar-refractivity contribution is 6.99. The lowest BCUT2D eigenvalue weighted by atomic mass is 10.1. The molecule has 2 heterocycles. The second-order valence-electron chi connectivity index (χ2n) is 5.55. The predicted octanol–water partition coefficient (Wildman–Crippen LogP) is 4.49. The summed E-state index contributed by atoms with van der Waals surface area (Å²) >= 11 is 1.12. The molecule has 0 aliphatic carbocycles. The summed E-state index contributed by atoms with van der Waals surface area (Å²) in [5.41, 5.74) is 1.93. The topological polar surface area (TPSA) is 38.2 Å². The minimum atomic E-state index is -2.59. The maximum absolute atomic E-state index is 12.7. The average Bonchev–Trinajstić information content (AvgIpc) is 2.96. The number of likely N-dealkylation sites (N-methyl/N-ethyl adjacent to an activating group) is 1. The van der Waals surface area contributed by atoms with Crippen molar-refractivity contribution in [3.63, 3.8) is 0 Å². The molecule has 0 fully saturated rings. The van der Waals surface area contributed by atoms with Crippen LogP contribution in [0.4, 0.5) is 8.78 Å². The number of ether oxygens (including phenoxy) is 1.